The molecule has 3 rings (SSSR count). The standard InChI is InChI=1S/C18H20ClN5O/c1-12(16-9-20-23(3)13(16)2)22-18(25)15-8-21-24(11-15)10-14-6-4-5-7-17(14)19/h4-9,11-12H,10H2,1-3H3,(H,22,25). The van der Waals surface area contributed by atoms with Crippen molar-refractivity contribution in [3.8, 4) is 0 Å². The van der Waals surface area contributed by atoms with Gasteiger partial charge < -0.3 is 5.32 Å². The smallest absolute Gasteiger partial charge is 0.254 e. The van der Waals surface area contributed by atoms with Gasteiger partial charge in [-0.1, -0.05) is 29.8 Å². The lowest BCUT2D eigenvalue weighted by Crippen LogP contribution is -2.26. The Morgan fingerprint density at radius 1 is 1.28 bits per heavy atom. The second-order valence-electron chi connectivity index (χ2n) is 6.02. The zero-order valence-corrected chi connectivity index (χ0v) is 15.2. The third-order valence-corrected chi connectivity index (χ3v) is 4.64. The Bertz CT molecular complexity index is 899. The zero-order valence-electron chi connectivity index (χ0n) is 14.4. The predicted octanol–water partition coefficient (Wildman–Crippen LogP) is 3.12. The molecule has 2 aromatic heterocycles. The first-order chi connectivity index (χ1) is 12.0. The van der Waals surface area contributed by atoms with Crippen molar-refractivity contribution in [1.82, 2.24) is 24.9 Å². The maximum atomic E-state index is 12.5. The van der Waals surface area contributed by atoms with Crippen molar-refractivity contribution in [1.29, 1.82) is 0 Å². The topological polar surface area (TPSA) is 64.7 Å². The number of benzene rings is 1. The molecule has 1 amide bonds. The molecule has 0 bridgehead atoms. The number of aromatic nitrogens is 4. The van der Waals surface area contributed by atoms with Gasteiger partial charge in [-0.05, 0) is 25.5 Å². The number of aryl methyl sites for hydroxylation is 1. The highest BCUT2D eigenvalue weighted by molar-refractivity contribution is 6.31. The maximum Gasteiger partial charge on any atom is 0.254 e. The molecule has 0 fully saturated rings. The molecule has 1 atom stereocenters. The molecule has 7 heteroatoms. The van der Waals surface area contributed by atoms with Gasteiger partial charge in [0.25, 0.3) is 5.91 Å². The molecule has 25 heavy (non-hydrogen) atoms. The molecule has 3 aromatic rings. The number of hydrogen-bond donors (Lipinski definition) is 1. The Kier molecular flexibility index (Phi) is 4.90. The van der Waals surface area contributed by atoms with E-state index in [0.29, 0.717) is 17.1 Å². The zero-order chi connectivity index (χ0) is 18.0. The molecule has 1 aromatic carbocycles. The number of halogens is 1. The molecule has 0 radical (unpaired) electrons. The van der Waals surface area contributed by atoms with Crippen molar-refractivity contribution in [3.05, 3.63) is 70.3 Å². The van der Waals surface area contributed by atoms with E-state index in [9.17, 15) is 4.79 Å². The van der Waals surface area contributed by atoms with Crippen LogP contribution in [0.2, 0.25) is 5.02 Å². The number of rotatable bonds is 5. The maximum absolute atomic E-state index is 12.5. The van der Waals surface area contributed by atoms with Crippen LogP contribution in [0.25, 0.3) is 0 Å². The second-order valence-corrected chi connectivity index (χ2v) is 6.43. The summed E-state index contributed by atoms with van der Waals surface area (Å²) in [6, 6.07) is 7.46. The van der Waals surface area contributed by atoms with Crippen molar-refractivity contribution in [3.63, 3.8) is 0 Å². The minimum Gasteiger partial charge on any atom is -0.345 e. The van der Waals surface area contributed by atoms with E-state index in [1.54, 1.807) is 28.0 Å². The highest BCUT2D eigenvalue weighted by Crippen LogP contribution is 2.18. The van der Waals surface area contributed by atoms with E-state index >= 15 is 0 Å². The van der Waals surface area contributed by atoms with Crippen LogP contribution in [-0.4, -0.2) is 25.5 Å². The largest absolute Gasteiger partial charge is 0.345 e. The molecule has 0 spiro atoms. The SMILES string of the molecule is Cc1c(C(C)NC(=O)c2cnn(Cc3ccccc3Cl)c2)cnn1C. The fourth-order valence-corrected chi connectivity index (χ4v) is 2.86. The van der Waals surface area contributed by atoms with Gasteiger partial charge >= 0.3 is 0 Å². The van der Waals surface area contributed by atoms with Crippen LogP contribution < -0.4 is 5.32 Å². The summed E-state index contributed by atoms with van der Waals surface area (Å²) in [6.07, 6.45) is 5.07. The van der Waals surface area contributed by atoms with Gasteiger partial charge in [-0.25, -0.2) is 0 Å². The number of carbonyl (C=O) groups excluding carboxylic acids is 1. The summed E-state index contributed by atoms with van der Waals surface area (Å²) >= 11 is 6.17. The normalized spacial score (nSPS) is 12.2. The highest BCUT2D eigenvalue weighted by Gasteiger charge is 2.16. The fraction of sp³-hybridized carbons (Fsp3) is 0.278. The van der Waals surface area contributed by atoms with Gasteiger partial charge in [-0.3, -0.25) is 14.2 Å². The van der Waals surface area contributed by atoms with Crippen LogP contribution in [0.1, 0.15) is 40.1 Å². The summed E-state index contributed by atoms with van der Waals surface area (Å²) in [7, 11) is 1.88. The Balaban J connectivity index is 1.68. The minimum atomic E-state index is -0.166. The van der Waals surface area contributed by atoms with Gasteiger partial charge in [0.05, 0.1) is 30.5 Å². The highest BCUT2D eigenvalue weighted by atomic mass is 35.5. The average molecular weight is 358 g/mol. The van der Waals surface area contributed by atoms with Crippen LogP contribution in [0.15, 0.2) is 42.9 Å². The summed E-state index contributed by atoms with van der Waals surface area (Å²) in [5, 5.41) is 12.1. The number of carbonyl (C=O) groups is 1. The third kappa shape index (κ3) is 3.74. The van der Waals surface area contributed by atoms with E-state index in [2.05, 4.69) is 15.5 Å². The summed E-state index contributed by atoms with van der Waals surface area (Å²) in [6.45, 7) is 4.44. The molecule has 0 aliphatic heterocycles. The van der Waals surface area contributed by atoms with Crippen LogP contribution in [0.5, 0.6) is 0 Å². The Morgan fingerprint density at radius 2 is 2.04 bits per heavy atom. The summed E-state index contributed by atoms with van der Waals surface area (Å²) in [5.41, 5.74) is 3.50. The summed E-state index contributed by atoms with van der Waals surface area (Å²) in [5.74, 6) is -0.166. The first-order valence-electron chi connectivity index (χ1n) is 8.01. The number of nitrogens with zero attached hydrogens (tertiary/aromatic N) is 4. The van der Waals surface area contributed by atoms with Crippen molar-refractivity contribution in [2.75, 3.05) is 0 Å². The first-order valence-corrected chi connectivity index (χ1v) is 8.38. The molecule has 130 valence electrons. The van der Waals surface area contributed by atoms with Gasteiger partial charge in [0.2, 0.25) is 0 Å². The van der Waals surface area contributed by atoms with E-state index in [0.717, 1.165) is 16.8 Å². The Labute approximate surface area is 151 Å². The van der Waals surface area contributed by atoms with Crippen LogP contribution in [0.4, 0.5) is 0 Å². The average Bonchev–Trinajstić information content (AvgIpc) is 3.17. The lowest BCUT2D eigenvalue weighted by Gasteiger charge is -2.13. The Hall–Kier alpha value is -2.60. The summed E-state index contributed by atoms with van der Waals surface area (Å²) in [4.78, 5) is 12.5. The molecular formula is C18H20ClN5O. The van der Waals surface area contributed by atoms with Crippen molar-refractivity contribution in [2.45, 2.75) is 26.4 Å². The molecule has 1 N–H and O–H groups in total. The van der Waals surface area contributed by atoms with Crippen molar-refractivity contribution in [2.24, 2.45) is 7.05 Å². The van der Waals surface area contributed by atoms with Gasteiger partial charge in [-0.15, -0.1) is 0 Å². The lowest BCUT2D eigenvalue weighted by molar-refractivity contribution is 0.0939. The summed E-state index contributed by atoms with van der Waals surface area (Å²) < 4.78 is 3.50. The number of nitrogens with one attached hydrogen (secondary N) is 1. The van der Waals surface area contributed by atoms with Crippen molar-refractivity contribution >= 4 is 17.5 Å². The lowest BCUT2D eigenvalue weighted by atomic mass is 10.1. The first kappa shape index (κ1) is 17.2. The Morgan fingerprint density at radius 3 is 2.72 bits per heavy atom. The molecular weight excluding hydrogens is 338 g/mol. The molecule has 0 aliphatic rings. The van der Waals surface area contributed by atoms with Crippen LogP contribution >= 0.6 is 11.6 Å². The van der Waals surface area contributed by atoms with E-state index in [-0.39, 0.29) is 11.9 Å². The molecule has 0 aliphatic carbocycles. The quantitative estimate of drug-likeness (QED) is 0.763. The van der Waals surface area contributed by atoms with E-state index < -0.39 is 0 Å². The molecule has 0 saturated heterocycles. The number of amides is 1. The van der Waals surface area contributed by atoms with Gasteiger partial charge in [0.15, 0.2) is 0 Å². The van der Waals surface area contributed by atoms with E-state index in [1.165, 1.54) is 0 Å². The van der Waals surface area contributed by atoms with Gasteiger partial charge in [0.1, 0.15) is 0 Å². The van der Waals surface area contributed by atoms with Crippen molar-refractivity contribution < 1.29 is 4.79 Å². The minimum absolute atomic E-state index is 0.131. The monoisotopic (exact) mass is 357 g/mol. The second kappa shape index (κ2) is 7.11. The third-order valence-electron chi connectivity index (χ3n) is 4.27. The van der Waals surface area contributed by atoms with Crippen LogP contribution in [-0.2, 0) is 13.6 Å². The molecule has 1 unspecified atom stereocenters. The number of hydrogen-bond acceptors (Lipinski definition) is 3. The van der Waals surface area contributed by atoms with Gasteiger partial charge in [-0.2, -0.15) is 10.2 Å². The molecule has 2 heterocycles. The van der Waals surface area contributed by atoms with Gasteiger partial charge in [0, 0.05) is 29.5 Å². The predicted molar refractivity (Wildman–Crippen MR) is 96.6 cm³/mol. The molecule has 6 nitrogen and oxygen atoms in total. The van der Waals surface area contributed by atoms with Crippen LogP contribution in [0.3, 0.4) is 0 Å². The van der Waals surface area contributed by atoms with E-state index in [4.69, 9.17) is 11.6 Å². The fourth-order valence-electron chi connectivity index (χ4n) is 2.67. The van der Waals surface area contributed by atoms with Crippen LogP contribution in [0, 0.1) is 6.92 Å². The molecule has 0 saturated carbocycles. The van der Waals surface area contributed by atoms with E-state index in [1.807, 2.05) is 45.2 Å².